The third-order valence-electron chi connectivity index (χ3n) is 6.07. The van der Waals surface area contributed by atoms with Gasteiger partial charge in [0.15, 0.2) is 0 Å². The lowest BCUT2D eigenvalue weighted by Gasteiger charge is -2.34. The molecule has 0 atom stereocenters. The normalized spacial score (nSPS) is 14.4. The molecule has 1 aliphatic rings. The molecule has 3 aromatic heterocycles. The van der Waals surface area contributed by atoms with E-state index in [4.69, 9.17) is 0 Å². The molecule has 1 N–H and O–H groups in total. The summed E-state index contributed by atoms with van der Waals surface area (Å²) in [4.78, 5) is 36.3. The first-order chi connectivity index (χ1) is 17.2. The molecular weight excluding hydrogens is 477 g/mol. The van der Waals surface area contributed by atoms with Crippen molar-refractivity contribution in [2.24, 2.45) is 0 Å². The monoisotopic (exact) mass is 498 g/mol. The number of carbonyl (C=O) groups excluding carboxylic acids is 1. The minimum absolute atomic E-state index is 0.149. The van der Waals surface area contributed by atoms with Crippen LogP contribution < -0.4 is 10.5 Å². The summed E-state index contributed by atoms with van der Waals surface area (Å²) in [6.45, 7) is 3.67. The Morgan fingerprint density at radius 1 is 1.08 bits per heavy atom. The van der Waals surface area contributed by atoms with Crippen LogP contribution in [0.4, 0.5) is 19.1 Å². The summed E-state index contributed by atoms with van der Waals surface area (Å²) < 4.78 is 39.9. The van der Waals surface area contributed by atoms with E-state index >= 15 is 0 Å². The zero-order chi connectivity index (χ0) is 25.4. The van der Waals surface area contributed by atoms with Crippen molar-refractivity contribution in [1.29, 1.82) is 0 Å². The van der Waals surface area contributed by atoms with E-state index in [-0.39, 0.29) is 17.4 Å². The molecule has 0 aliphatic carbocycles. The van der Waals surface area contributed by atoms with Gasteiger partial charge in [0, 0.05) is 44.1 Å². The number of aromatic amines is 1. The molecule has 0 unspecified atom stereocenters. The van der Waals surface area contributed by atoms with E-state index in [0.29, 0.717) is 54.9 Å². The number of piperazine rings is 1. The van der Waals surface area contributed by atoms with Crippen LogP contribution in [0.15, 0.2) is 47.7 Å². The number of amides is 1. The second kappa shape index (κ2) is 9.06. The Morgan fingerprint density at radius 2 is 1.81 bits per heavy atom. The number of anilines is 1. The molecule has 13 heteroatoms. The van der Waals surface area contributed by atoms with Crippen molar-refractivity contribution in [2.75, 3.05) is 31.1 Å². The lowest BCUT2D eigenvalue weighted by Crippen LogP contribution is -2.49. The first-order valence-corrected chi connectivity index (χ1v) is 11.1. The summed E-state index contributed by atoms with van der Waals surface area (Å²) in [5, 5.41) is 11.2. The lowest BCUT2D eigenvalue weighted by molar-refractivity contribution is -0.138. The van der Waals surface area contributed by atoms with Crippen molar-refractivity contribution in [3.63, 3.8) is 0 Å². The maximum atomic E-state index is 13.1. The standard InChI is InChI=1S/C23H21F3N8O2/c1-14-19-18(12-29-30-20(19)35)34(31-14)13-15-3-2-4-16(9-15)21(36)32-5-7-33(8-6-32)22-27-10-17(11-28-22)23(24,25)26/h2-4,9-12H,5-8,13H2,1H3,(H,30,35). The smallest absolute Gasteiger partial charge is 0.337 e. The summed E-state index contributed by atoms with van der Waals surface area (Å²) in [6, 6.07) is 7.19. The Labute approximate surface area is 202 Å². The minimum Gasteiger partial charge on any atom is -0.337 e. The van der Waals surface area contributed by atoms with Gasteiger partial charge in [-0.25, -0.2) is 15.1 Å². The van der Waals surface area contributed by atoms with E-state index in [2.05, 4.69) is 25.3 Å². The van der Waals surface area contributed by atoms with Crippen molar-refractivity contribution in [3.05, 3.63) is 75.6 Å². The zero-order valence-corrected chi connectivity index (χ0v) is 19.2. The van der Waals surface area contributed by atoms with Crippen LogP contribution in [0.3, 0.4) is 0 Å². The van der Waals surface area contributed by atoms with Gasteiger partial charge < -0.3 is 9.80 Å². The van der Waals surface area contributed by atoms with Gasteiger partial charge in [0.1, 0.15) is 0 Å². The quantitative estimate of drug-likeness (QED) is 0.459. The third-order valence-corrected chi connectivity index (χ3v) is 6.07. The van der Waals surface area contributed by atoms with Crippen molar-refractivity contribution in [2.45, 2.75) is 19.6 Å². The minimum atomic E-state index is -4.49. The number of nitrogens with one attached hydrogen (secondary N) is 1. The Morgan fingerprint density at radius 3 is 2.50 bits per heavy atom. The van der Waals surface area contributed by atoms with Gasteiger partial charge in [-0.05, 0) is 24.6 Å². The number of carbonyl (C=O) groups is 1. The Hall–Kier alpha value is -4.29. The van der Waals surface area contributed by atoms with Gasteiger partial charge in [-0.2, -0.15) is 23.4 Å². The van der Waals surface area contributed by atoms with Gasteiger partial charge in [-0.1, -0.05) is 12.1 Å². The molecule has 1 saturated heterocycles. The largest absolute Gasteiger partial charge is 0.419 e. The number of fused-ring (bicyclic) bond motifs is 1. The number of alkyl halides is 3. The second-order valence-electron chi connectivity index (χ2n) is 8.45. The molecule has 4 aromatic rings. The van der Waals surface area contributed by atoms with Crippen LogP contribution in [0.1, 0.15) is 27.2 Å². The topological polar surface area (TPSA) is 113 Å². The zero-order valence-electron chi connectivity index (χ0n) is 19.2. The van der Waals surface area contributed by atoms with Crippen LogP contribution in [0.25, 0.3) is 10.9 Å². The molecule has 0 bridgehead atoms. The highest BCUT2D eigenvalue weighted by Crippen LogP contribution is 2.28. The predicted octanol–water partition coefficient (Wildman–Crippen LogP) is 2.25. The van der Waals surface area contributed by atoms with E-state index in [1.165, 1.54) is 0 Å². The number of nitrogens with zero attached hydrogens (tertiary/aromatic N) is 7. The number of H-pyrrole nitrogens is 1. The number of aromatic nitrogens is 6. The lowest BCUT2D eigenvalue weighted by atomic mass is 10.1. The fourth-order valence-electron chi connectivity index (χ4n) is 4.24. The Bertz CT molecular complexity index is 1470. The van der Waals surface area contributed by atoms with Crippen LogP contribution in [-0.4, -0.2) is 66.9 Å². The molecule has 10 nitrogen and oxygen atoms in total. The first-order valence-electron chi connectivity index (χ1n) is 11.1. The molecule has 0 spiro atoms. The van der Waals surface area contributed by atoms with Crippen LogP contribution in [0, 0.1) is 6.92 Å². The summed E-state index contributed by atoms with van der Waals surface area (Å²) >= 11 is 0. The van der Waals surface area contributed by atoms with Gasteiger partial charge in [0.2, 0.25) is 5.95 Å². The van der Waals surface area contributed by atoms with Crippen LogP contribution in [-0.2, 0) is 12.7 Å². The van der Waals surface area contributed by atoms with Gasteiger partial charge >= 0.3 is 6.18 Å². The van der Waals surface area contributed by atoms with Crippen LogP contribution >= 0.6 is 0 Å². The van der Waals surface area contributed by atoms with Gasteiger partial charge in [0.25, 0.3) is 11.5 Å². The average molecular weight is 498 g/mol. The van der Waals surface area contributed by atoms with E-state index < -0.39 is 11.7 Å². The van der Waals surface area contributed by atoms with Crippen molar-refractivity contribution >= 4 is 22.8 Å². The summed E-state index contributed by atoms with van der Waals surface area (Å²) in [6.07, 6.45) is -1.41. The highest BCUT2D eigenvalue weighted by molar-refractivity contribution is 5.94. The third kappa shape index (κ3) is 4.51. The summed E-state index contributed by atoms with van der Waals surface area (Å²) in [5.74, 6) is 0.0524. The highest BCUT2D eigenvalue weighted by atomic mass is 19.4. The molecule has 1 amide bonds. The highest BCUT2D eigenvalue weighted by Gasteiger charge is 2.32. The molecule has 0 radical (unpaired) electrons. The molecular formula is C23H21F3N8O2. The maximum Gasteiger partial charge on any atom is 0.419 e. The fraction of sp³-hybridized carbons (Fsp3) is 0.304. The van der Waals surface area contributed by atoms with Gasteiger partial charge in [-0.3, -0.25) is 14.3 Å². The first kappa shape index (κ1) is 23.5. The molecule has 186 valence electrons. The molecule has 36 heavy (non-hydrogen) atoms. The molecule has 4 heterocycles. The number of benzene rings is 1. The summed E-state index contributed by atoms with van der Waals surface area (Å²) in [5.41, 5.74) is 1.34. The number of rotatable bonds is 4. The van der Waals surface area contributed by atoms with E-state index in [1.54, 1.807) is 45.8 Å². The SMILES string of the molecule is Cc1nn(Cc2cccc(C(=O)N3CCN(c4ncc(C(F)(F)F)cn4)CC3)c2)c2cn[nH]c(=O)c12. The number of hydrogen-bond acceptors (Lipinski definition) is 7. The average Bonchev–Trinajstić information content (AvgIpc) is 3.19. The van der Waals surface area contributed by atoms with Crippen molar-refractivity contribution in [1.82, 2.24) is 34.8 Å². The Kier molecular flexibility index (Phi) is 5.90. The number of halogens is 3. The summed E-state index contributed by atoms with van der Waals surface area (Å²) in [7, 11) is 0. The van der Waals surface area contributed by atoms with Crippen molar-refractivity contribution in [3.8, 4) is 0 Å². The fourth-order valence-corrected chi connectivity index (χ4v) is 4.24. The number of hydrogen-bond donors (Lipinski definition) is 1. The van der Waals surface area contributed by atoms with Crippen molar-refractivity contribution < 1.29 is 18.0 Å². The molecule has 1 aromatic carbocycles. The predicted molar refractivity (Wildman–Crippen MR) is 124 cm³/mol. The van der Waals surface area contributed by atoms with E-state index in [1.807, 2.05) is 6.07 Å². The van der Waals surface area contributed by atoms with E-state index in [9.17, 15) is 22.8 Å². The maximum absolute atomic E-state index is 13.1. The Balaban J connectivity index is 1.26. The second-order valence-corrected chi connectivity index (χ2v) is 8.45. The van der Waals surface area contributed by atoms with E-state index in [0.717, 1.165) is 18.0 Å². The molecule has 5 rings (SSSR count). The van der Waals surface area contributed by atoms with Crippen LogP contribution in [0.2, 0.25) is 0 Å². The van der Waals surface area contributed by atoms with Crippen LogP contribution in [0.5, 0.6) is 0 Å². The number of aryl methyl sites for hydroxylation is 1. The molecule has 1 aliphatic heterocycles. The molecule has 0 saturated carbocycles. The molecule has 1 fully saturated rings. The van der Waals surface area contributed by atoms with Gasteiger partial charge in [-0.15, -0.1) is 0 Å². The van der Waals surface area contributed by atoms with Gasteiger partial charge in [0.05, 0.1) is 34.9 Å².